The SMILES string of the molecule is COC(=O)c1nc(-c2cnccc2C)nc2c1CCNC2. The molecule has 21 heavy (non-hydrogen) atoms. The Morgan fingerprint density at radius 2 is 2.24 bits per heavy atom. The Hall–Kier alpha value is -2.34. The van der Waals surface area contributed by atoms with Crippen LogP contribution in [0.25, 0.3) is 11.4 Å². The lowest BCUT2D eigenvalue weighted by Crippen LogP contribution is -2.28. The summed E-state index contributed by atoms with van der Waals surface area (Å²) in [6, 6.07) is 1.90. The molecule has 6 heteroatoms. The summed E-state index contributed by atoms with van der Waals surface area (Å²) < 4.78 is 4.86. The van der Waals surface area contributed by atoms with Crippen molar-refractivity contribution >= 4 is 5.97 Å². The lowest BCUT2D eigenvalue weighted by Gasteiger charge is -2.19. The second-order valence-corrected chi connectivity index (χ2v) is 4.93. The number of methoxy groups -OCH3 is 1. The average molecular weight is 284 g/mol. The molecule has 3 heterocycles. The number of pyridine rings is 1. The van der Waals surface area contributed by atoms with E-state index < -0.39 is 5.97 Å². The first-order chi connectivity index (χ1) is 10.2. The first-order valence-electron chi connectivity index (χ1n) is 6.80. The number of hydrogen-bond donors (Lipinski definition) is 1. The summed E-state index contributed by atoms with van der Waals surface area (Å²) in [4.78, 5) is 25.2. The van der Waals surface area contributed by atoms with E-state index in [-0.39, 0.29) is 0 Å². The molecule has 0 fully saturated rings. The fourth-order valence-electron chi connectivity index (χ4n) is 2.44. The summed E-state index contributed by atoms with van der Waals surface area (Å²) in [7, 11) is 1.37. The van der Waals surface area contributed by atoms with Gasteiger partial charge in [-0.2, -0.15) is 0 Å². The van der Waals surface area contributed by atoms with Gasteiger partial charge in [0.1, 0.15) is 0 Å². The Balaban J connectivity index is 2.19. The Bertz CT molecular complexity index is 700. The number of hydrogen-bond acceptors (Lipinski definition) is 6. The summed E-state index contributed by atoms with van der Waals surface area (Å²) in [6.07, 6.45) is 4.17. The third kappa shape index (κ3) is 2.50. The number of aromatic nitrogens is 3. The summed E-state index contributed by atoms with van der Waals surface area (Å²) in [6.45, 7) is 3.41. The number of rotatable bonds is 2. The normalized spacial score (nSPS) is 13.6. The van der Waals surface area contributed by atoms with Gasteiger partial charge < -0.3 is 10.1 Å². The highest BCUT2D eigenvalue weighted by molar-refractivity contribution is 5.89. The van der Waals surface area contributed by atoms with Gasteiger partial charge in [0.2, 0.25) is 0 Å². The van der Waals surface area contributed by atoms with Gasteiger partial charge >= 0.3 is 5.97 Å². The van der Waals surface area contributed by atoms with Crippen LogP contribution in [0.1, 0.15) is 27.3 Å². The quantitative estimate of drug-likeness (QED) is 0.837. The molecule has 0 aromatic carbocycles. The van der Waals surface area contributed by atoms with Crippen molar-refractivity contribution in [1.82, 2.24) is 20.3 Å². The molecule has 0 radical (unpaired) electrons. The number of esters is 1. The zero-order chi connectivity index (χ0) is 14.8. The van der Waals surface area contributed by atoms with Gasteiger partial charge in [-0.15, -0.1) is 0 Å². The molecule has 0 unspecified atom stereocenters. The molecule has 3 rings (SSSR count). The van der Waals surface area contributed by atoms with Crippen LogP contribution in [0.5, 0.6) is 0 Å². The van der Waals surface area contributed by atoms with E-state index in [1.807, 2.05) is 13.0 Å². The van der Waals surface area contributed by atoms with Crippen molar-refractivity contribution in [3.63, 3.8) is 0 Å². The molecular weight excluding hydrogens is 268 g/mol. The molecule has 2 aromatic heterocycles. The van der Waals surface area contributed by atoms with Crippen LogP contribution in [-0.4, -0.2) is 34.6 Å². The van der Waals surface area contributed by atoms with E-state index in [1.54, 1.807) is 12.4 Å². The van der Waals surface area contributed by atoms with Gasteiger partial charge in [0.25, 0.3) is 0 Å². The highest BCUT2D eigenvalue weighted by Crippen LogP contribution is 2.23. The maximum Gasteiger partial charge on any atom is 0.357 e. The fourth-order valence-corrected chi connectivity index (χ4v) is 2.44. The summed E-state index contributed by atoms with van der Waals surface area (Å²) >= 11 is 0. The van der Waals surface area contributed by atoms with Crippen molar-refractivity contribution in [2.24, 2.45) is 0 Å². The molecule has 1 aliphatic heterocycles. The zero-order valence-electron chi connectivity index (χ0n) is 12.0. The van der Waals surface area contributed by atoms with E-state index in [2.05, 4.69) is 20.3 Å². The third-order valence-corrected chi connectivity index (χ3v) is 3.60. The van der Waals surface area contributed by atoms with Crippen LogP contribution in [0.3, 0.4) is 0 Å². The topological polar surface area (TPSA) is 77.0 Å². The molecular formula is C15H16N4O2. The minimum Gasteiger partial charge on any atom is -0.464 e. The van der Waals surface area contributed by atoms with Crippen molar-refractivity contribution in [2.75, 3.05) is 13.7 Å². The fraction of sp³-hybridized carbons (Fsp3) is 0.333. The minimum atomic E-state index is -0.418. The Morgan fingerprint density at radius 1 is 1.38 bits per heavy atom. The van der Waals surface area contributed by atoms with Gasteiger partial charge in [0.05, 0.1) is 12.8 Å². The van der Waals surface area contributed by atoms with Crippen molar-refractivity contribution in [3.05, 3.63) is 41.0 Å². The van der Waals surface area contributed by atoms with E-state index in [9.17, 15) is 4.79 Å². The largest absolute Gasteiger partial charge is 0.464 e. The van der Waals surface area contributed by atoms with Crippen molar-refractivity contribution in [3.8, 4) is 11.4 Å². The van der Waals surface area contributed by atoms with Crippen LogP contribution < -0.4 is 5.32 Å². The van der Waals surface area contributed by atoms with E-state index in [0.717, 1.165) is 35.3 Å². The van der Waals surface area contributed by atoms with Crippen LogP contribution in [0, 0.1) is 6.92 Å². The van der Waals surface area contributed by atoms with E-state index >= 15 is 0 Å². The molecule has 0 atom stereocenters. The van der Waals surface area contributed by atoms with Crippen LogP contribution in [-0.2, 0) is 17.7 Å². The molecule has 0 amide bonds. The minimum absolute atomic E-state index is 0.363. The summed E-state index contributed by atoms with van der Waals surface area (Å²) in [5.41, 5.74) is 3.95. The number of carbonyl (C=O) groups excluding carboxylic acids is 1. The van der Waals surface area contributed by atoms with Crippen LogP contribution in [0.2, 0.25) is 0 Å². The van der Waals surface area contributed by atoms with Crippen LogP contribution >= 0.6 is 0 Å². The average Bonchev–Trinajstić information content (AvgIpc) is 2.53. The molecule has 0 saturated carbocycles. The molecule has 0 saturated heterocycles. The first kappa shape index (κ1) is 13.6. The maximum atomic E-state index is 12.0. The monoisotopic (exact) mass is 284 g/mol. The van der Waals surface area contributed by atoms with Crippen molar-refractivity contribution in [1.29, 1.82) is 0 Å². The molecule has 2 aromatic rings. The van der Waals surface area contributed by atoms with Gasteiger partial charge in [-0.3, -0.25) is 4.98 Å². The maximum absolute atomic E-state index is 12.0. The number of nitrogens with one attached hydrogen (secondary N) is 1. The van der Waals surface area contributed by atoms with Gasteiger partial charge in [-0.25, -0.2) is 14.8 Å². The van der Waals surface area contributed by atoms with Gasteiger partial charge in [-0.1, -0.05) is 0 Å². The molecule has 0 spiro atoms. The predicted octanol–water partition coefficient (Wildman–Crippen LogP) is 1.28. The van der Waals surface area contributed by atoms with E-state index in [4.69, 9.17) is 4.74 Å². The van der Waals surface area contributed by atoms with E-state index in [1.165, 1.54) is 7.11 Å². The number of nitrogens with zero attached hydrogens (tertiary/aromatic N) is 3. The lowest BCUT2D eigenvalue weighted by atomic mass is 10.0. The number of aryl methyl sites for hydroxylation is 1. The van der Waals surface area contributed by atoms with Gasteiger partial charge in [0.15, 0.2) is 11.5 Å². The number of carbonyl (C=O) groups is 1. The highest BCUT2D eigenvalue weighted by Gasteiger charge is 2.23. The summed E-state index contributed by atoms with van der Waals surface area (Å²) in [5.74, 6) is 0.0989. The number of fused-ring (bicyclic) bond motifs is 1. The van der Waals surface area contributed by atoms with Gasteiger partial charge in [-0.05, 0) is 31.5 Å². The zero-order valence-corrected chi connectivity index (χ0v) is 12.0. The Kier molecular flexibility index (Phi) is 3.62. The van der Waals surface area contributed by atoms with Gasteiger partial charge in [0, 0.05) is 30.1 Å². The third-order valence-electron chi connectivity index (χ3n) is 3.60. The summed E-state index contributed by atoms with van der Waals surface area (Å²) in [5, 5.41) is 3.26. The molecule has 108 valence electrons. The second kappa shape index (κ2) is 5.57. The second-order valence-electron chi connectivity index (χ2n) is 4.93. The Morgan fingerprint density at radius 3 is 3.00 bits per heavy atom. The number of ether oxygens (including phenoxy) is 1. The molecule has 1 N–H and O–H groups in total. The Labute approximate surface area is 122 Å². The van der Waals surface area contributed by atoms with Crippen molar-refractivity contribution in [2.45, 2.75) is 19.9 Å². The molecule has 6 nitrogen and oxygen atoms in total. The first-order valence-corrected chi connectivity index (χ1v) is 6.80. The molecule has 1 aliphatic rings. The van der Waals surface area contributed by atoms with Crippen LogP contribution in [0.4, 0.5) is 0 Å². The van der Waals surface area contributed by atoms with Crippen molar-refractivity contribution < 1.29 is 9.53 Å². The smallest absolute Gasteiger partial charge is 0.357 e. The highest BCUT2D eigenvalue weighted by atomic mass is 16.5. The predicted molar refractivity (Wildman–Crippen MR) is 76.8 cm³/mol. The lowest BCUT2D eigenvalue weighted by molar-refractivity contribution is 0.0592. The van der Waals surface area contributed by atoms with Crippen LogP contribution in [0.15, 0.2) is 18.5 Å². The molecule has 0 aliphatic carbocycles. The standard InChI is InChI=1S/C15H16N4O2/c1-9-3-5-16-7-11(9)14-18-12-8-17-6-4-10(12)13(19-14)15(20)21-2/h3,5,7,17H,4,6,8H2,1-2H3. The van der Waals surface area contributed by atoms with E-state index in [0.29, 0.717) is 18.1 Å². The molecule has 0 bridgehead atoms.